The van der Waals surface area contributed by atoms with Crippen LogP contribution in [0, 0.1) is 11.7 Å². The lowest BCUT2D eigenvalue weighted by Crippen LogP contribution is -2.30. The minimum Gasteiger partial charge on any atom is -0.489 e. The molecule has 1 saturated carbocycles. The zero-order chi connectivity index (χ0) is 16.6. The Morgan fingerprint density at radius 2 is 2.13 bits per heavy atom. The molecule has 1 saturated heterocycles. The van der Waals surface area contributed by atoms with Gasteiger partial charge in [0.1, 0.15) is 11.6 Å². The van der Waals surface area contributed by atoms with Crippen LogP contribution in [0.3, 0.4) is 0 Å². The topological polar surface area (TPSA) is 58.6 Å². The molecule has 0 aromatic heterocycles. The van der Waals surface area contributed by atoms with E-state index in [9.17, 15) is 14.0 Å². The second-order valence-corrected chi connectivity index (χ2v) is 6.47. The van der Waals surface area contributed by atoms with Crippen molar-refractivity contribution in [2.45, 2.75) is 45.3 Å². The number of amides is 2. The van der Waals surface area contributed by atoms with Crippen molar-refractivity contribution in [2.75, 3.05) is 11.9 Å². The van der Waals surface area contributed by atoms with E-state index in [-0.39, 0.29) is 24.3 Å². The molecule has 0 radical (unpaired) electrons. The number of ether oxygens (including phenoxy) is 1. The molecule has 2 aliphatic rings. The van der Waals surface area contributed by atoms with Gasteiger partial charge in [0, 0.05) is 25.1 Å². The third-order valence-corrected chi connectivity index (χ3v) is 4.08. The predicted molar refractivity (Wildman–Crippen MR) is 83.6 cm³/mol. The number of benzene rings is 1. The van der Waals surface area contributed by atoms with E-state index in [2.05, 4.69) is 5.32 Å². The number of rotatable bonds is 5. The van der Waals surface area contributed by atoms with Crippen LogP contribution in [0.1, 0.15) is 33.1 Å². The highest BCUT2D eigenvalue weighted by Crippen LogP contribution is 2.33. The van der Waals surface area contributed by atoms with Gasteiger partial charge in [0.15, 0.2) is 0 Å². The Morgan fingerprint density at radius 1 is 1.39 bits per heavy atom. The van der Waals surface area contributed by atoms with Gasteiger partial charge in [0.25, 0.3) is 0 Å². The highest BCUT2D eigenvalue weighted by Gasteiger charge is 2.41. The lowest BCUT2D eigenvalue weighted by molar-refractivity contribution is -0.128. The lowest BCUT2D eigenvalue weighted by atomic mass is 10.1. The molecule has 1 N–H and O–H groups in total. The molecule has 2 amide bonds. The molecule has 1 atom stereocenters. The van der Waals surface area contributed by atoms with Crippen molar-refractivity contribution >= 4 is 17.5 Å². The average Bonchev–Trinajstić information content (AvgIpc) is 3.24. The van der Waals surface area contributed by atoms with Crippen LogP contribution in [0.5, 0.6) is 5.75 Å². The Hall–Kier alpha value is -2.11. The highest BCUT2D eigenvalue weighted by molar-refractivity contribution is 5.98. The number of hydrogen-bond donors (Lipinski definition) is 1. The van der Waals surface area contributed by atoms with E-state index in [1.54, 1.807) is 4.90 Å². The maximum Gasteiger partial charge on any atom is 0.229 e. The van der Waals surface area contributed by atoms with Crippen LogP contribution in [0.4, 0.5) is 10.1 Å². The van der Waals surface area contributed by atoms with E-state index in [1.165, 1.54) is 18.2 Å². The summed E-state index contributed by atoms with van der Waals surface area (Å²) >= 11 is 0. The van der Waals surface area contributed by atoms with Gasteiger partial charge in [-0.3, -0.25) is 9.59 Å². The van der Waals surface area contributed by atoms with Gasteiger partial charge >= 0.3 is 0 Å². The first-order valence-electron chi connectivity index (χ1n) is 8.00. The van der Waals surface area contributed by atoms with Crippen LogP contribution in [0.25, 0.3) is 0 Å². The SMILES string of the molecule is CC(C)Oc1ccc(F)cc1NC(=O)[C@H]1CC(=O)N(C2CC2)C1. The number of nitrogens with zero attached hydrogens (tertiary/aromatic N) is 1. The van der Waals surface area contributed by atoms with E-state index in [0.717, 1.165) is 12.8 Å². The van der Waals surface area contributed by atoms with Gasteiger partial charge in [0.05, 0.1) is 17.7 Å². The summed E-state index contributed by atoms with van der Waals surface area (Å²) in [6.45, 7) is 4.17. The maximum atomic E-state index is 13.5. The molecule has 1 aromatic rings. The summed E-state index contributed by atoms with van der Waals surface area (Å²) in [4.78, 5) is 26.2. The fourth-order valence-corrected chi connectivity index (χ4v) is 2.84. The summed E-state index contributed by atoms with van der Waals surface area (Å²) in [5.74, 6) is -0.638. The third-order valence-electron chi connectivity index (χ3n) is 4.08. The second kappa shape index (κ2) is 6.18. The summed E-state index contributed by atoms with van der Waals surface area (Å²) in [6.07, 6.45) is 2.18. The lowest BCUT2D eigenvalue weighted by Gasteiger charge is -2.17. The van der Waals surface area contributed by atoms with Gasteiger partial charge in [-0.25, -0.2) is 4.39 Å². The first-order chi connectivity index (χ1) is 10.9. The molecule has 0 unspecified atom stereocenters. The van der Waals surface area contributed by atoms with Gasteiger partial charge in [-0.1, -0.05) is 0 Å². The van der Waals surface area contributed by atoms with E-state index >= 15 is 0 Å². The highest BCUT2D eigenvalue weighted by atomic mass is 19.1. The minimum atomic E-state index is -0.446. The van der Waals surface area contributed by atoms with Gasteiger partial charge in [-0.2, -0.15) is 0 Å². The van der Waals surface area contributed by atoms with Crippen molar-refractivity contribution in [1.29, 1.82) is 0 Å². The number of likely N-dealkylation sites (tertiary alicyclic amines) is 1. The molecule has 5 nitrogen and oxygen atoms in total. The van der Waals surface area contributed by atoms with Crippen molar-refractivity contribution in [2.24, 2.45) is 5.92 Å². The molecule has 6 heteroatoms. The quantitative estimate of drug-likeness (QED) is 0.907. The largest absolute Gasteiger partial charge is 0.489 e. The molecule has 0 spiro atoms. The summed E-state index contributed by atoms with van der Waals surface area (Å²) in [6, 6.07) is 4.35. The van der Waals surface area contributed by atoms with E-state index in [4.69, 9.17) is 4.74 Å². The van der Waals surface area contributed by atoms with E-state index < -0.39 is 11.7 Å². The summed E-state index contributed by atoms with van der Waals surface area (Å²) < 4.78 is 19.1. The molecular weight excluding hydrogens is 299 g/mol. The van der Waals surface area contributed by atoms with Crippen LogP contribution in [0.15, 0.2) is 18.2 Å². The first-order valence-corrected chi connectivity index (χ1v) is 8.00. The Morgan fingerprint density at radius 3 is 2.78 bits per heavy atom. The standard InChI is InChI=1S/C17H21FN2O3/c1-10(2)23-15-6-3-12(18)8-14(15)19-17(22)11-7-16(21)20(9-11)13-4-5-13/h3,6,8,10-11,13H,4-5,7,9H2,1-2H3,(H,19,22)/t11-/m0/s1. The maximum absolute atomic E-state index is 13.5. The molecule has 1 heterocycles. The number of carbonyl (C=O) groups is 2. The van der Waals surface area contributed by atoms with E-state index in [1.807, 2.05) is 13.8 Å². The average molecular weight is 320 g/mol. The van der Waals surface area contributed by atoms with Crippen LogP contribution in [-0.4, -0.2) is 35.4 Å². The molecule has 124 valence electrons. The summed E-state index contributed by atoms with van der Waals surface area (Å²) in [5.41, 5.74) is 0.307. The summed E-state index contributed by atoms with van der Waals surface area (Å²) in [7, 11) is 0. The van der Waals surface area contributed by atoms with Crippen LogP contribution in [-0.2, 0) is 9.59 Å². The number of halogens is 1. The van der Waals surface area contributed by atoms with Crippen molar-refractivity contribution < 1.29 is 18.7 Å². The van der Waals surface area contributed by atoms with Crippen LogP contribution >= 0.6 is 0 Å². The predicted octanol–water partition coefficient (Wildman–Crippen LogP) is 2.56. The Kier molecular flexibility index (Phi) is 4.24. The molecule has 1 aromatic carbocycles. The van der Waals surface area contributed by atoms with Crippen molar-refractivity contribution in [3.63, 3.8) is 0 Å². The van der Waals surface area contributed by atoms with Crippen LogP contribution < -0.4 is 10.1 Å². The third kappa shape index (κ3) is 3.63. The zero-order valence-electron chi connectivity index (χ0n) is 13.3. The minimum absolute atomic E-state index is 0.0329. The van der Waals surface area contributed by atoms with E-state index in [0.29, 0.717) is 24.0 Å². The first kappa shape index (κ1) is 15.8. The Balaban J connectivity index is 1.70. The fraction of sp³-hybridized carbons (Fsp3) is 0.529. The fourth-order valence-electron chi connectivity index (χ4n) is 2.84. The summed E-state index contributed by atoms with van der Waals surface area (Å²) in [5, 5.41) is 2.72. The number of hydrogen-bond acceptors (Lipinski definition) is 3. The molecule has 1 aliphatic carbocycles. The number of nitrogens with one attached hydrogen (secondary N) is 1. The van der Waals surface area contributed by atoms with Crippen molar-refractivity contribution in [3.8, 4) is 5.75 Å². The molecule has 0 bridgehead atoms. The molecule has 1 aliphatic heterocycles. The molecule has 3 rings (SSSR count). The van der Waals surface area contributed by atoms with Crippen LogP contribution in [0.2, 0.25) is 0 Å². The normalized spacial score (nSPS) is 21.0. The molecular formula is C17H21FN2O3. The molecule has 2 fully saturated rings. The van der Waals surface area contributed by atoms with Gasteiger partial charge in [-0.15, -0.1) is 0 Å². The Bertz CT molecular complexity index is 628. The Labute approximate surface area is 134 Å². The van der Waals surface area contributed by atoms with Gasteiger partial charge < -0.3 is 15.0 Å². The van der Waals surface area contributed by atoms with Crippen molar-refractivity contribution in [1.82, 2.24) is 4.90 Å². The number of carbonyl (C=O) groups excluding carboxylic acids is 2. The second-order valence-electron chi connectivity index (χ2n) is 6.47. The van der Waals surface area contributed by atoms with Gasteiger partial charge in [0.2, 0.25) is 11.8 Å². The smallest absolute Gasteiger partial charge is 0.229 e. The van der Waals surface area contributed by atoms with Gasteiger partial charge in [-0.05, 0) is 38.8 Å². The molecule has 23 heavy (non-hydrogen) atoms. The number of anilines is 1. The monoisotopic (exact) mass is 320 g/mol. The zero-order valence-corrected chi connectivity index (χ0v) is 13.3. The van der Waals surface area contributed by atoms with Crippen molar-refractivity contribution in [3.05, 3.63) is 24.0 Å².